The number of nitrogen functional groups attached to an aromatic ring is 1. The molecule has 1 unspecified atom stereocenters. The van der Waals surface area contributed by atoms with Gasteiger partial charge in [-0.05, 0) is 33.3 Å². The standard InChI is InChI=1S/C21H23ClFN7O3/c1-4-32-18-12(8-13(22)16(23)17(18)30-7-5-6-14(30)31)10(2)27-20-15(19(24)25-9-26-20)21-28-11(3)29-33-21/h8-10H,4-7H2,1-3H3,(H3,24,25,26,27). The van der Waals surface area contributed by atoms with E-state index in [4.69, 9.17) is 26.6 Å². The number of halogens is 2. The van der Waals surface area contributed by atoms with Crippen LogP contribution >= 0.6 is 11.6 Å². The number of ether oxygens (including phenoxy) is 1. The molecule has 10 nitrogen and oxygen atoms in total. The highest BCUT2D eigenvalue weighted by Gasteiger charge is 2.32. The number of nitrogens with two attached hydrogens (primary N) is 1. The van der Waals surface area contributed by atoms with Crippen LogP contribution in [0.15, 0.2) is 16.9 Å². The van der Waals surface area contributed by atoms with Crippen molar-refractivity contribution >= 4 is 34.8 Å². The lowest BCUT2D eigenvalue weighted by molar-refractivity contribution is -0.117. The van der Waals surface area contributed by atoms with Crippen molar-refractivity contribution in [2.75, 3.05) is 29.1 Å². The van der Waals surface area contributed by atoms with E-state index in [0.29, 0.717) is 42.2 Å². The third-order valence-electron chi connectivity index (χ3n) is 5.25. The molecule has 174 valence electrons. The Labute approximate surface area is 194 Å². The second kappa shape index (κ2) is 9.18. The van der Waals surface area contributed by atoms with Crippen LogP contribution in [-0.4, -0.2) is 39.2 Å². The van der Waals surface area contributed by atoms with Crippen LogP contribution < -0.4 is 20.7 Å². The molecule has 0 bridgehead atoms. The Morgan fingerprint density at radius 2 is 2.21 bits per heavy atom. The van der Waals surface area contributed by atoms with Gasteiger partial charge in [-0.1, -0.05) is 16.8 Å². The van der Waals surface area contributed by atoms with Crippen LogP contribution in [0.5, 0.6) is 5.75 Å². The van der Waals surface area contributed by atoms with Crippen molar-refractivity contribution in [1.29, 1.82) is 0 Å². The third kappa shape index (κ3) is 4.28. The lowest BCUT2D eigenvalue weighted by atomic mass is 10.0. The SMILES string of the molecule is CCOc1c(C(C)Nc2ncnc(N)c2-c2nc(C)no2)cc(Cl)c(F)c1N1CCCC1=O. The number of hydrogen-bond donors (Lipinski definition) is 2. The molecule has 3 N–H and O–H groups in total. The van der Waals surface area contributed by atoms with Gasteiger partial charge in [-0.3, -0.25) is 4.79 Å². The molecule has 3 aromatic rings. The number of nitrogens with one attached hydrogen (secondary N) is 1. The van der Waals surface area contributed by atoms with Crippen molar-refractivity contribution in [2.24, 2.45) is 0 Å². The number of carbonyl (C=O) groups is 1. The average Bonchev–Trinajstić information content (AvgIpc) is 3.39. The fourth-order valence-electron chi connectivity index (χ4n) is 3.76. The maximum atomic E-state index is 15.1. The number of anilines is 3. The van der Waals surface area contributed by atoms with Crippen LogP contribution in [0.4, 0.5) is 21.7 Å². The molecule has 0 spiro atoms. The van der Waals surface area contributed by atoms with Crippen molar-refractivity contribution in [3.63, 3.8) is 0 Å². The summed E-state index contributed by atoms with van der Waals surface area (Å²) in [5.41, 5.74) is 6.99. The quantitative estimate of drug-likeness (QED) is 0.521. The van der Waals surface area contributed by atoms with Gasteiger partial charge in [0.2, 0.25) is 5.91 Å². The Kier molecular flexibility index (Phi) is 6.32. The Balaban J connectivity index is 1.78. The molecule has 1 atom stereocenters. The first kappa shape index (κ1) is 22.7. The predicted molar refractivity (Wildman–Crippen MR) is 121 cm³/mol. The summed E-state index contributed by atoms with van der Waals surface area (Å²) in [6, 6.07) is 0.989. The summed E-state index contributed by atoms with van der Waals surface area (Å²) in [6.45, 7) is 5.94. The maximum absolute atomic E-state index is 15.1. The molecule has 12 heteroatoms. The normalized spacial score (nSPS) is 14.6. The Morgan fingerprint density at radius 3 is 2.85 bits per heavy atom. The summed E-state index contributed by atoms with van der Waals surface area (Å²) < 4.78 is 26.2. The van der Waals surface area contributed by atoms with Gasteiger partial charge in [-0.25, -0.2) is 14.4 Å². The molecule has 0 saturated carbocycles. The van der Waals surface area contributed by atoms with E-state index in [9.17, 15) is 4.79 Å². The van der Waals surface area contributed by atoms with Gasteiger partial charge in [0.05, 0.1) is 17.7 Å². The monoisotopic (exact) mass is 475 g/mol. The number of aryl methyl sites for hydroxylation is 1. The topological polar surface area (TPSA) is 132 Å². The highest BCUT2D eigenvalue weighted by atomic mass is 35.5. The van der Waals surface area contributed by atoms with E-state index >= 15 is 4.39 Å². The van der Waals surface area contributed by atoms with Gasteiger partial charge in [0.1, 0.15) is 29.2 Å². The van der Waals surface area contributed by atoms with Gasteiger partial charge in [0.25, 0.3) is 5.89 Å². The van der Waals surface area contributed by atoms with Crippen LogP contribution in [0.1, 0.15) is 44.1 Å². The molecule has 33 heavy (non-hydrogen) atoms. The number of aromatic nitrogens is 4. The highest BCUT2D eigenvalue weighted by molar-refractivity contribution is 6.31. The largest absolute Gasteiger partial charge is 0.491 e. The summed E-state index contributed by atoms with van der Waals surface area (Å²) in [5, 5.41) is 6.90. The van der Waals surface area contributed by atoms with Crippen LogP contribution in [0.2, 0.25) is 5.02 Å². The van der Waals surface area contributed by atoms with E-state index in [-0.39, 0.29) is 40.7 Å². The highest BCUT2D eigenvalue weighted by Crippen LogP contribution is 2.44. The van der Waals surface area contributed by atoms with Crippen LogP contribution in [0.25, 0.3) is 11.5 Å². The third-order valence-corrected chi connectivity index (χ3v) is 5.52. The summed E-state index contributed by atoms with van der Waals surface area (Å²) in [5.74, 6) is 0.434. The zero-order valence-electron chi connectivity index (χ0n) is 18.4. The number of nitrogens with zero attached hydrogens (tertiary/aromatic N) is 5. The second-order valence-electron chi connectivity index (χ2n) is 7.52. The molecular formula is C21H23ClFN7O3. The first-order valence-electron chi connectivity index (χ1n) is 10.4. The summed E-state index contributed by atoms with van der Waals surface area (Å²) in [6.07, 6.45) is 2.27. The van der Waals surface area contributed by atoms with E-state index < -0.39 is 11.9 Å². The number of carbonyl (C=O) groups excluding carboxylic acids is 1. The fraction of sp³-hybridized carbons (Fsp3) is 0.381. The summed E-state index contributed by atoms with van der Waals surface area (Å²) in [7, 11) is 0. The zero-order chi connectivity index (χ0) is 23.7. The second-order valence-corrected chi connectivity index (χ2v) is 7.92. The minimum atomic E-state index is -0.695. The van der Waals surface area contributed by atoms with E-state index in [1.165, 1.54) is 17.3 Å². The number of benzene rings is 1. The van der Waals surface area contributed by atoms with Crippen molar-refractivity contribution < 1.29 is 18.4 Å². The van der Waals surface area contributed by atoms with Crippen molar-refractivity contribution in [2.45, 2.75) is 39.7 Å². The van der Waals surface area contributed by atoms with Crippen LogP contribution in [0.3, 0.4) is 0 Å². The van der Waals surface area contributed by atoms with E-state index in [0.717, 1.165) is 0 Å². The summed E-state index contributed by atoms with van der Waals surface area (Å²) in [4.78, 5) is 26.3. The molecule has 1 fully saturated rings. The van der Waals surface area contributed by atoms with Gasteiger partial charge in [0.15, 0.2) is 17.4 Å². The Hall–Kier alpha value is -3.47. The molecule has 0 aliphatic carbocycles. The molecule has 1 aliphatic rings. The first-order chi connectivity index (χ1) is 15.8. The van der Waals surface area contributed by atoms with E-state index in [1.54, 1.807) is 13.8 Å². The molecule has 3 heterocycles. The lowest BCUT2D eigenvalue weighted by Gasteiger charge is -2.26. The molecule has 0 radical (unpaired) electrons. The zero-order valence-corrected chi connectivity index (χ0v) is 19.1. The van der Waals surface area contributed by atoms with Crippen LogP contribution in [0, 0.1) is 12.7 Å². The molecule has 1 aromatic carbocycles. The predicted octanol–water partition coefficient (Wildman–Crippen LogP) is 3.91. The van der Waals surface area contributed by atoms with Gasteiger partial charge in [-0.15, -0.1) is 0 Å². The van der Waals surface area contributed by atoms with Gasteiger partial charge in [0, 0.05) is 18.5 Å². The average molecular weight is 476 g/mol. The number of rotatable bonds is 7. The van der Waals surface area contributed by atoms with Crippen molar-refractivity contribution in [3.8, 4) is 17.2 Å². The fourth-order valence-corrected chi connectivity index (χ4v) is 3.97. The van der Waals surface area contributed by atoms with E-state index in [2.05, 4.69) is 25.4 Å². The lowest BCUT2D eigenvalue weighted by Crippen LogP contribution is -2.26. The van der Waals surface area contributed by atoms with Gasteiger partial charge in [-0.2, -0.15) is 4.98 Å². The van der Waals surface area contributed by atoms with Gasteiger partial charge < -0.3 is 25.2 Å². The van der Waals surface area contributed by atoms with Gasteiger partial charge >= 0.3 is 0 Å². The van der Waals surface area contributed by atoms with E-state index in [1.807, 2.05) is 6.92 Å². The van der Waals surface area contributed by atoms with Crippen LogP contribution in [-0.2, 0) is 4.79 Å². The van der Waals surface area contributed by atoms with Crippen molar-refractivity contribution in [3.05, 3.63) is 34.6 Å². The minimum Gasteiger partial charge on any atom is -0.491 e. The first-order valence-corrected chi connectivity index (χ1v) is 10.8. The minimum absolute atomic E-state index is 0.0467. The molecule has 1 saturated heterocycles. The Morgan fingerprint density at radius 1 is 1.42 bits per heavy atom. The van der Waals surface area contributed by atoms with Crippen molar-refractivity contribution in [1.82, 2.24) is 20.1 Å². The molecule has 4 rings (SSSR count). The molecule has 2 aromatic heterocycles. The molecular weight excluding hydrogens is 453 g/mol. The number of amides is 1. The number of hydrogen-bond acceptors (Lipinski definition) is 9. The molecule has 1 aliphatic heterocycles. The molecule has 1 amide bonds. The summed E-state index contributed by atoms with van der Waals surface area (Å²) >= 11 is 6.24. The maximum Gasteiger partial charge on any atom is 0.265 e. The Bertz CT molecular complexity index is 1200. The smallest absolute Gasteiger partial charge is 0.265 e.